The number of hydrogen-bond acceptors (Lipinski definition) is 4. The van der Waals surface area contributed by atoms with Gasteiger partial charge in [-0.2, -0.15) is 5.10 Å². The van der Waals surface area contributed by atoms with Crippen LogP contribution in [0, 0.1) is 0 Å². The van der Waals surface area contributed by atoms with Crippen molar-refractivity contribution in [2.75, 3.05) is 0 Å². The molecule has 1 unspecified atom stereocenters. The van der Waals surface area contributed by atoms with Crippen LogP contribution >= 0.6 is 0 Å². The number of nitrogens with one attached hydrogen (secondary N) is 1. The molecule has 0 aromatic rings. The summed E-state index contributed by atoms with van der Waals surface area (Å²) in [6.45, 7) is 0. The van der Waals surface area contributed by atoms with Gasteiger partial charge in [-0.15, -0.1) is 13.2 Å². The second-order valence-corrected chi connectivity index (χ2v) is 1.69. The highest BCUT2D eigenvalue weighted by molar-refractivity contribution is 5.57. The maximum absolute atomic E-state index is 11.7. The maximum Gasteiger partial charge on any atom is 0.488 e. The average molecular weight is 154 g/mol. The van der Waals surface area contributed by atoms with Crippen LogP contribution in [0.2, 0.25) is 0 Å². The van der Waals surface area contributed by atoms with Crippen LogP contribution in [-0.4, -0.2) is 23.8 Å². The van der Waals surface area contributed by atoms with E-state index in [1.54, 1.807) is 0 Å². The lowest BCUT2D eigenvalue weighted by Gasteiger charge is -2.21. The van der Waals surface area contributed by atoms with Gasteiger partial charge in [0, 0.05) is 0 Å². The summed E-state index contributed by atoms with van der Waals surface area (Å²) in [6.07, 6.45) is -5.14. The summed E-state index contributed by atoms with van der Waals surface area (Å²) in [7, 11) is 0. The number of alkyl halides is 3. The van der Waals surface area contributed by atoms with Crippen LogP contribution in [0.5, 0.6) is 0 Å². The lowest BCUT2D eigenvalue weighted by molar-refractivity contribution is -0.225. The predicted molar refractivity (Wildman–Crippen MR) is 27.5 cm³/mol. The Morgan fingerprint density at radius 2 is 2.20 bits per heavy atom. The Kier molecular flexibility index (Phi) is 1.43. The first-order chi connectivity index (χ1) is 4.52. The molecule has 0 bridgehead atoms. The van der Waals surface area contributed by atoms with Gasteiger partial charge < -0.3 is 0 Å². The number of halogens is 3. The Balaban J connectivity index is 2.64. The monoisotopic (exact) mass is 154 g/mol. The summed E-state index contributed by atoms with van der Waals surface area (Å²) < 4.78 is 35.2. The quantitative estimate of drug-likeness (QED) is 0.466. The minimum atomic E-state index is -4.45. The molecule has 3 N–H and O–H groups in total. The summed E-state index contributed by atoms with van der Waals surface area (Å²) in [5.41, 5.74) is 6.96. The first-order valence-corrected chi connectivity index (χ1v) is 2.41. The van der Waals surface area contributed by atoms with Crippen molar-refractivity contribution in [3.8, 4) is 0 Å². The zero-order valence-corrected chi connectivity index (χ0v) is 4.76. The third-order valence-electron chi connectivity index (χ3n) is 0.981. The van der Waals surface area contributed by atoms with E-state index in [2.05, 4.69) is 5.10 Å². The molecule has 0 fully saturated rings. The minimum Gasteiger partial charge on any atom is -0.293 e. The van der Waals surface area contributed by atoms with E-state index in [0.717, 1.165) is 0 Å². The van der Waals surface area contributed by atoms with Gasteiger partial charge in [0.25, 0.3) is 0 Å². The van der Waals surface area contributed by atoms with E-state index in [4.69, 9.17) is 5.73 Å². The summed E-state index contributed by atoms with van der Waals surface area (Å²) in [5, 5.41) is 3.12. The standard InChI is InChI=1S/C3H5F3N4/c4-3(5,6)10-1-8-9-2(10)7/h1-2,9H,7H2. The van der Waals surface area contributed by atoms with Crippen LogP contribution in [0.1, 0.15) is 0 Å². The molecule has 0 aliphatic carbocycles. The number of hydrogen-bond donors (Lipinski definition) is 2. The lowest BCUT2D eigenvalue weighted by Crippen LogP contribution is -2.51. The number of rotatable bonds is 0. The van der Waals surface area contributed by atoms with E-state index in [1.807, 2.05) is 5.43 Å². The largest absolute Gasteiger partial charge is 0.488 e. The van der Waals surface area contributed by atoms with Crippen molar-refractivity contribution >= 4 is 6.34 Å². The van der Waals surface area contributed by atoms with Crippen LogP contribution in [0.4, 0.5) is 13.2 Å². The van der Waals surface area contributed by atoms with Crippen LogP contribution < -0.4 is 11.2 Å². The van der Waals surface area contributed by atoms with E-state index >= 15 is 0 Å². The molecule has 10 heavy (non-hydrogen) atoms. The molecule has 7 heteroatoms. The molecule has 0 radical (unpaired) electrons. The third kappa shape index (κ3) is 1.13. The first kappa shape index (κ1) is 7.13. The van der Waals surface area contributed by atoms with Gasteiger partial charge in [-0.05, 0) is 0 Å². The van der Waals surface area contributed by atoms with Gasteiger partial charge in [-0.1, -0.05) is 0 Å². The van der Waals surface area contributed by atoms with Gasteiger partial charge in [-0.3, -0.25) is 11.2 Å². The van der Waals surface area contributed by atoms with Gasteiger partial charge in [0.1, 0.15) is 6.34 Å². The van der Waals surface area contributed by atoms with Gasteiger partial charge >= 0.3 is 6.30 Å². The van der Waals surface area contributed by atoms with Crippen molar-refractivity contribution in [1.82, 2.24) is 10.3 Å². The second-order valence-electron chi connectivity index (χ2n) is 1.69. The molecule has 1 heterocycles. The Hall–Kier alpha value is -0.980. The molecule has 58 valence electrons. The lowest BCUT2D eigenvalue weighted by atomic mass is 10.7. The first-order valence-electron chi connectivity index (χ1n) is 2.41. The Morgan fingerprint density at radius 1 is 1.60 bits per heavy atom. The summed E-state index contributed by atoms with van der Waals surface area (Å²) in [4.78, 5) is -0.0347. The fourth-order valence-electron chi connectivity index (χ4n) is 0.529. The molecule has 0 amide bonds. The average Bonchev–Trinajstić information content (AvgIpc) is 2.11. The molecule has 1 aliphatic rings. The van der Waals surface area contributed by atoms with E-state index in [1.165, 1.54) is 0 Å². The molecular weight excluding hydrogens is 149 g/mol. The molecule has 0 aromatic heterocycles. The van der Waals surface area contributed by atoms with Crippen LogP contribution in [0.15, 0.2) is 5.10 Å². The molecule has 0 spiro atoms. The van der Waals surface area contributed by atoms with Gasteiger partial charge in [-0.25, -0.2) is 4.90 Å². The smallest absolute Gasteiger partial charge is 0.293 e. The van der Waals surface area contributed by atoms with E-state index in [9.17, 15) is 13.2 Å². The number of nitrogens with zero attached hydrogens (tertiary/aromatic N) is 2. The van der Waals surface area contributed by atoms with Gasteiger partial charge in [0.05, 0.1) is 0 Å². The fraction of sp³-hybridized carbons (Fsp3) is 0.667. The van der Waals surface area contributed by atoms with Crippen molar-refractivity contribution in [2.45, 2.75) is 12.6 Å². The minimum absolute atomic E-state index is 0.0347. The summed E-state index contributed by atoms with van der Waals surface area (Å²) in [6, 6.07) is 0. The second kappa shape index (κ2) is 2.01. The van der Waals surface area contributed by atoms with E-state index in [0.29, 0.717) is 6.34 Å². The SMILES string of the molecule is NC1NN=CN1C(F)(F)F. The Labute approximate surface area is 54.5 Å². The summed E-state index contributed by atoms with van der Waals surface area (Å²) in [5.74, 6) is 0. The molecule has 0 saturated heterocycles. The Morgan fingerprint density at radius 3 is 2.40 bits per heavy atom. The highest BCUT2D eigenvalue weighted by Crippen LogP contribution is 2.21. The highest BCUT2D eigenvalue weighted by atomic mass is 19.4. The van der Waals surface area contributed by atoms with E-state index in [-0.39, 0.29) is 4.90 Å². The molecule has 1 atom stereocenters. The van der Waals surface area contributed by atoms with Crippen molar-refractivity contribution in [2.24, 2.45) is 10.8 Å². The van der Waals surface area contributed by atoms with Crippen LogP contribution in [0.3, 0.4) is 0 Å². The third-order valence-corrected chi connectivity index (χ3v) is 0.981. The highest BCUT2D eigenvalue weighted by Gasteiger charge is 2.41. The normalized spacial score (nSPS) is 25.2. The number of hydrazone groups is 1. The molecular formula is C3H5F3N4. The van der Waals surface area contributed by atoms with Gasteiger partial charge in [0.2, 0.25) is 0 Å². The van der Waals surface area contributed by atoms with Crippen LogP contribution in [0.25, 0.3) is 0 Å². The molecule has 0 aromatic carbocycles. The van der Waals surface area contributed by atoms with Gasteiger partial charge in [0.15, 0.2) is 6.29 Å². The van der Waals surface area contributed by atoms with Crippen molar-refractivity contribution in [3.05, 3.63) is 0 Å². The van der Waals surface area contributed by atoms with Crippen molar-refractivity contribution < 1.29 is 13.2 Å². The van der Waals surface area contributed by atoms with Crippen molar-refractivity contribution in [3.63, 3.8) is 0 Å². The molecule has 1 rings (SSSR count). The van der Waals surface area contributed by atoms with Crippen LogP contribution in [-0.2, 0) is 0 Å². The van der Waals surface area contributed by atoms with E-state index < -0.39 is 12.6 Å². The molecule has 1 aliphatic heterocycles. The molecule has 0 saturated carbocycles. The Bertz CT molecular complexity index is 152. The zero-order chi connectivity index (χ0) is 7.78. The maximum atomic E-state index is 11.7. The van der Waals surface area contributed by atoms with Crippen molar-refractivity contribution in [1.29, 1.82) is 0 Å². The molecule has 4 nitrogen and oxygen atoms in total. The summed E-state index contributed by atoms with van der Waals surface area (Å²) >= 11 is 0. The topological polar surface area (TPSA) is 53.6 Å². The zero-order valence-electron chi connectivity index (χ0n) is 4.76. The number of nitrogens with two attached hydrogens (primary N) is 1. The predicted octanol–water partition coefficient (Wildman–Crippen LogP) is -0.403. The fourth-order valence-corrected chi connectivity index (χ4v) is 0.529.